The summed E-state index contributed by atoms with van der Waals surface area (Å²) in [5, 5.41) is 2.25. The summed E-state index contributed by atoms with van der Waals surface area (Å²) >= 11 is 1.93. The van der Waals surface area contributed by atoms with Crippen LogP contribution < -0.4 is 5.73 Å². The Hall–Kier alpha value is -0.380. The number of hydrogen-bond acceptors (Lipinski definition) is 3. The summed E-state index contributed by atoms with van der Waals surface area (Å²) in [6, 6.07) is 2.72. The second-order valence-electron chi connectivity index (χ2n) is 8.15. The van der Waals surface area contributed by atoms with E-state index >= 15 is 0 Å². The van der Waals surface area contributed by atoms with Gasteiger partial charge in [-0.3, -0.25) is 4.90 Å². The Morgan fingerprint density at radius 2 is 2.14 bits per heavy atom. The first-order valence-corrected chi connectivity index (χ1v) is 9.34. The monoisotopic (exact) mass is 306 g/mol. The molecule has 0 saturated heterocycles. The van der Waals surface area contributed by atoms with E-state index < -0.39 is 0 Å². The van der Waals surface area contributed by atoms with Gasteiger partial charge < -0.3 is 5.73 Å². The summed E-state index contributed by atoms with van der Waals surface area (Å²) in [6.45, 7) is 10.7. The van der Waals surface area contributed by atoms with E-state index in [0.717, 1.165) is 12.5 Å². The fourth-order valence-electron chi connectivity index (χ4n) is 4.08. The lowest BCUT2D eigenvalue weighted by molar-refractivity contribution is 0.0951. The van der Waals surface area contributed by atoms with Gasteiger partial charge in [0.2, 0.25) is 0 Å². The molecule has 2 nitrogen and oxygen atoms in total. The van der Waals surface area contributed by atoms with Crippen LogP contribution in [0.5, 0.6) is 0 Å². The van der Waals surface area contributed by atoms with Crippen molar-refractivity contribution in [2.24, 2.45) is 23.0 Å². The fourth-order valence-corrected chi connectivity index (χ4v) is 4.97. The van der Waals surface area contributed by atoms with Gasteiger partial charge in [-0.1, -0.05) is 20.8 Å². The number of hydrogen-bond donors (Lipinski definition) is 1. The Balaban J connectivity index is 1.61. The quantitative estimate of drug-likeness (QED) is 0.898. The summed E-state index contributed by atoms with van der Waals surface area (Å²) in [5.41, 5.74) is 8.44. The zero-order valence-corrected chi connectivity index (χ0v) is 14.6. The van der Waals surface area contributed by atoms with Crippen LogP contribution in [0.15, 0.2) is 11.4 Å². The van der Waals surface area contributed by atoms with Crippen molar-refractivity contribution >= 4 is 11.3 Å². The molecule has 1 aliphatic carbocycles. The number of nitrogens with zero attached hydrogens (tertiary/aromatic N) is 1. The standard InChI is InChI=1S/C18H30N2S/c1-18(2,3)15-4-5-16(19)14(10-15)12-20-8-6-17-13(11-20)7-9-21-17/h7,9,14-16H,4-6,8,10-12,19H2,1-3H3. The molecular formula is C18H30N2S. The lowest BCUT2D eigenvalue weighted by Crippen LogP contribution is -2.46. The van der Waals surface area contributed by atoms with Crippen LogP contribution in [0, 0.1) is 17.3 Å². The molecule has 118 valence electrons. The predicted octanol–water partition coefficient (Wildman–Crippen LogP) is 3.90. The molecule has 1 aromatic heterocycles. The van der Waals surface area contributed by atoms with Crippen LogP contribution in [0.25, 0.3) is 0 Å². The van der Waals surface area contributed by atoms with E-state index in [2.05, 4.69) is 37.1 Å². The highest BCUT2D eigenvalue weighted by Crippen LogP contribution is 2.40. The molecule has 2 heterocycles. The van der Waals surface area contributed by atoms with E-state index in [-0.39, 0.29) is 0 Å². The second kappa shape index (κ2) is 6.02. The van der Waals surface area contributed by atoms with E-state index in [9.17, 15) is 0 Å². The maximum atomic E-state index is 6.45. The van der Waals surface area contributed by atoms with Crippen molar-refractivity contribution in [3.63, 3.8) is 0 Å². The van der Waals surface area contributed by atoms with Gasteiger partial charge in [0.25, 0.3) is 0 Å². The van der Waals surface area contributed by atoms with Crippen LogP contribution in [0.3, 0.4) is 0 Å². The number of rotatable bonds is 2. The number of thiophene rings is 1. The van der Waals surface area contributed by atoms with Gasteiger partial charge in [0, 0.05) is 30.6 Å². The summed E-state index contributed by atoms with van der Waals surface area (Å²) in [7, 11) is 0. The van der Waals surface area contributed by atoms with E-state index in [0.29, 0.717) is 17.4 Å². The number of nitrogens with two attached hydrogens (primary N) is 1. The van der Waals surface area contributed by atoms with Crippen molar-refractivity contribution in [1.29, 1.82) is 0 Å². The first-order valence-electron chi connectivity index (χ1n) is 8.46. The Kier molecular flexibility index (Phi) is 4.45. The second-order valence-corrected chi connectivity index (χ2v) is 9.15. The Bertz CT molecular complexity index is 474. The minimum absolute atomic E-state index is 0.410. The molecule has 0 bridgehead atoms. The van der Waals surface area contributed by atoms with E-state index in [1.165, 1.54) is 38.8 Å². The van der Waals surface area contributed by atoms with Gasteiger partial charge in [-0.25, -0.2) is 0 Å². The Morgan fingerprint density at radius 1 is 1.33 bits per heavy atom. The molecule has 0 radical (unpaired) electrons. The molecule has 21 heavy (non-hydrogen) atoms. The molecule has 2 aliphatic rings. The average Bonchev–Trinajstić information content (AvgIpc) is 2.87. The van der Waals surface area contributed by atoms with Gasteiger partial charge in [-0.2, -0.15) is 0 Å². The van der Waals surface area contributed by atoms with Crippen molar-refractivity contribution < 1.29 is 0 Å². The summed E-state index contributed by atoms with van der Waals surface area (Å²) < 4.78 is 0. The van der Waals surface area contributed by atoms with Crippen LogP contribution in [-0.2, 0) is 13.0 Å². The first-order chi connectivity index (χ1) is 9.93. The van der Waals surface area contributed by atoms with Crippen molar-refractivity contribution in [3.05, 3.63) is 21.9 Å². The zero-order chi connectivity index (χ0) is 15.0. The smallest absolute Gasteiger partial charge is 0.0245 e. The molecule has 3 unspecified atom stereocenters. The Labute approximate surface area is 133 Å². The third-order valence-corrected chi connectivity index (χ3v) is 6.67. The molecule has 3 atom stereocenters. The van der Waals surface area contributed by atoms with Gasteiger partial charge >= 0.3 is 0 Å². The van der Waals surface area contributed by atoms with E-state index in [1.807, 2.05) is 11.3 Å². The van der Waals surface area contributed by atoms with Crippen molar-refractivity contribution in [2.45, 2.75) is 59.0 Å². The van der Waals surface area contributed by atoms with Crippen LogP contribution in [0.1, 0.15) is 50.5 Å². The third-order valence-electron chi connectivity index (χ3n) is 5.65. The largest absolute Gasteiger partial charge is 0.327 e. The number of fused-ring (bicyclic) bond motifs is 1. The van der Waals surface area contributed by atoms with Gasteiger partial charge in [0.1, 0.15) is 0 Å². The van der Waals surface area contributed by atoms with Crippen molar-refractivity contribution in [1.82, 2.24) is 4.90 Å². The summed E-state index contributed by atoms with van der Waals surface area (Å²) in [6.07, 6.45) is 5.08. The highest BCUT2D eigenvalue weighted by molar-refractivity contribution is 7.10. The van der Waals surface area contributed by atoms with E-state index in [4.69, 9.17) is 5.73 Å². The van der Waals surface area contributed by atoms with Gasteiger partial charge in [0.15, 0.2) is 0 Å². The van der Waals surface area contributed by atoms with Crippen LogP contribution >= 0.6 is 11.3 Å². The van der Waals surface area contributed by atoms with Gasteiger partial charge in [0.05, 0.1) is 0 Å². The molecular weight excluding hydrogens is 276 g/mol. The molecule has 2 N–H and O–H groups in total. The highest BCUT2D eigenvalue weighted by Gasteiger charge is 2.35. The first kappa shape index (κ1) is 15.5. The van der Waals surface area contributed by atoms with Crippen molar-refractivity contribution in [2.75, 3.05) is 13.1 Å². The molecule has 0 aromatic carbocycles. The fraction of sp³-hybridized carbons (Fsp3) is 0.778. The van der Waals surface area contributed by atoms with Gasteiger partial charge in [-0.15, -0.1) is 11.3 Å². The average molecular weight is 307 g/mol. The van der Waals surface area contributed by atoms with Gasteiger partial charge in [-0.05, 0) is 59.9 Å². The SMILES string of the molecule is CC(C)(C)C1CCC(N)C(CN2CCc3sccc3C2)C1. The molecule has 0 spiro atoms. The minimum Gasteiger partial charge on any atom is -0.327 e. The molecule has 0 amide bonds. The molecule has 3 rings (SSSR count). The van der Waals surface area contributed by atoms with Crippen LogP contribution in [-0.4, -0.2) is 24.0 Å². The highest BCUT2D eigenvalue weighted by atomic mass is 32.1. The molecule has 1 aromatic rings. The van der Waals surface area contributed by atoms with Crippen LogP contribution in [0.2, 0.25) is 0 Å². The topological polar surface area (TPSA) is 29.3 Å². The lowest BCUT2D eigenvalue weighted by atomic mass is 9.67. The summed E-state index contributed by atoms with van der Waals surface area (Å²) in [4.78, 5) is 4.25. The summed E-state index contributed by atoms with van der Waals surface area (Å²) in [5.74, 6) is 1.52. The van der Waals surface area contributed by atoms with Crippen LogP contribution in [0.4, 0.5) is 0 Å². The maximum absolute atomic E-state index is 6.45. The van der Waals surface area contributed by atoms with E-state index in [1.54, 1.807) is 10.4 Å². The molecule has 1 fully saturated rings. The molecule has 3 heteroatoms. The third kappa shape index (κ3) is 3.52. The zero-order valence-electron chi connectivity index (χ0n) is 13.8. The lowest BCUT2D eigenvalue weighted by Gasteiger charge is -2.42. The molecule has 1 aliphatic heterocycles. The predicted molar refractivity (Wildman–Crippen MR) is 91.6 cm³/mol. The maximum Gasteiger partial charge on any atom is 0.0245 e. The van der Waals surface area contributed by atoms with Crippen molar-refractivity contribution in [3.8, 4) is 0 Å². The minimum atomic E-state index is 0.410. The Morgan fingerprint density at radius 3 is 2.90 bits per heavy atom. The normalized spacial score (nSPS) is 31.1. The molecule has 1 saturated carbocycles.